The Labute approximate surface area is 433 Å². The molecule has 70 heavy (non-hydrogen) atoms. The summed E-state index contributed by atoms with van der Waals surface area (Å²) in [5.41, 5.74) is 0. The number of nitrogens with one attached hydrogen (secondary N) is 1. The van der Waals surface area contributed by atoms with Crippen LogP contribution in [0.4, 0.5) is 0 Å². The van der Waals surface area contributed by atoms with Crippen LogP contribution >= 0.6 is 7.82 Å². The van der Waals surface area contributed by atoms with E-state index in [0.29, 0.717) is 17.4 Å². The summed E-state index contributed by atoms with van der Waals surface area (Å²) < 4.78 is 23.3. The third kappa shape index (κ3) is 53.5. The number of carbonyl (C=O) groups is 1. The molecule has 1 amide bonds. The van der Waals surface area contributed by atoms with Gasteiger partial charge in [-0.1, -0.05) is 240 Å². The van der Waals surface area contributed by atoms with E-state index < -0.39 is 26.6 Å². The molecule has 0 fully saturated rings. The molecule has 0 aromatic rings. The second-order valence-electron chi connectivity index (χ2n) is 20.6. The van der Waals surface area contributed by atoms with Crippen molar-refractivity contribution < 1.29 is 32.9 Å². The van der Waals surface area contributed by atoms with E-state index in [4.69, 9.17) is 9.05 Å². The van der Waals surface area contributed by atoms with E-state index in [2.05, 4.69) is 92.1 Å². The Morgan fingerprint density at radius 1 is 0.514 bits per heavy atom. The van der Waals surface area contributed by atoms with Crippen LogP contribution in [-0.4, -0.2) is 68.5 Å². The number of aliphatic hydroxyl groups excluding tert-OH is 1. The van der Waals surface area contributed by atoms with Crippen LogP contribution in [0.1, 0.15) is 245 Å². The van der Waals surface area contributed by atoms with Gasteiger partial charge < -0.3 is 28.8 Å². The van der Waals surface area contributed by atoms with E-state index in [1.165, 1.54) is 154 Å². The van der Waals surface area contributed by atoms with Crippen LogP contribution in [0.5, 0.6) is 0 Å². The van der Waals surface area contributed by atoms with Gasteiger partial charge in [-0.25, -0.2) is 0 Å². The number of nitrogens with zero attached hydrogens (tertiary/aromatic N) is 1. The van der Waals surface area contributed by atoms with Gasteiger partial charge in [0.15, 0.2) is 0 Å². The summed E-state index contributed by atoms with van der Waals surface area (Å²) in [7, 11) is 1.23. The summed E-state index contributed by atoms with van der Waals surface area (Å²) >= 11 is 0. The summed E-state index contributed by atoms with van der Waals surface area (Å²) in [5.74, 6) is -0.214. The zero-order valence-corrected chi connectivity index (χ0v) is 47.1. The molecule has 406 valence electrons. The van der Waals surface area contributed by atoms with Crippen LogP contribution in [0.25, 0.3) is 0 Å². The van der Waals surface area contributed by atoms with E-state index in [1.807, 2.05) is 27.2 Å². The lowest BCUT2D eigenvalue weighted by Crippen LogP contribution is -2.45. The Bertz CT molecular complexity index is 1410. The van der Waals surface area contributed by atoms with Gasteiger partial charge in [0.1, 0.15) is 13.2 Å². The first kappa shape index (κ1) is 67.7. The molecule has 0 saturated carbocycles. The molecule has 0 spiro atoms. The van der Waals surface area contributed by atoms with Crippen molar-refractivity contribution in [3.63, 3.8) is 0 Å². The molecule has 0 aromatic heterocycles. The van der Waals surface area contributed by atoms with Gasteiger partial charge in [-0.3, -0.25) is 9.36 Å². The fourth-order valence-corrected chi connectivity index (χ4v) is 8.78. The zero-order chi connectivity index (χ0) is 51.3. The number of hydrogen-bond donors (Lipinski definition) is 2. The number of phosphoric acid groups is 1. The van der Waals surface area contributed by atoms with Crippen molar-refractivity contribution >= 4 is 13.7 Å². The van der Waals surface area contributed by atoms with Gasteiger partial charge in [-0.15, -0.1) is 0 Å². The second kappa shape index (κ2) is 51.6. The number of amides is 1. The first-order chi connectivity index (χ1) is 34.0. The maximum atomic E-state index is 13.0. The summed E-state index contributed by atoms with van der Waals surface area (Å²) in [6.45, 7) is 4.52. The minimum Gasteiger partial charge on any atom is -0.756 e. The van der Waals surface area contributed by atoms with Crippen LogP contribution in [0, 0.1) is 0 Å². The number of rotatable bonds is 52. The number of phosphoric ester groups is 1. The van der Waals surface area contributed by atoms with Crippen molar-refractivity contribution in [1.29, 1.82) is 0 Å². The van der Waals surface area contributed by atoms with Gasteiger partial charge in [0.05, 0.1) is 39.9 Å². The molecule has 9 heteroatoms. The molecule has 0 radical (unpaired) electrons. The number of unbranched alkanes of at least 4 members (excludes halogenated alkanes) is 27. The third-order valence-corrected chi connectivity index (χ3v) is 13.5. The van der Waals surface area contributed by atoms with Crippen molar-refractivity contribution in [2.24, 2.45) is 0 Å². The topological polar surface area (TPSA) is 108 Å². The van der Waals surface area contributed by atoms with Gasteiger partial charge in [0, 0.05) is 6.42 Å². The molecule has 0 heterocycles. The van der Waals surface area contributed by atoms with E-state index >= 15 is 0 Å². The second-order valence-corrected chi connectivity index (χ2v) is 22.0. The van der Waals surface area contributed by atoms with Crippen molar-refractivity contribution in [3.8, 4) is 0 Å². The van der Waals surface area contributed by atoms with Crippen molar-refractivity contribution in [2.75, 3.05) is 40.9 Å². The molecule has 0 aliphatic heterocycles. The Morgan fingerprint density at radius 2 is 0.886 bits per heavy atom. The Kier molecular flexibility index (Phi) is 49.9. The van der Waals surface area contributed by atoms with Gasteiger partial charge in [0.2, 0.25) is 5.91 Å². The lowest BCUT2D eigenvalue weighted by Gasteiger charge is -2.29. The molecule has 0 aliphatic rings. The van der Waals surface area contributed by atoms with E-state index in [9.17, 15) is 19.4 Å². The van der Waals surface area contributed by atoms with Gasteiger partial charge in [-0.2, -0.15) is 0 Å². The first-order valence-electron chi connectivity index (χ1n) is 28.9. The van der Waals surface area contributed by atoms with Crippen molar-refractivity contribution in [3.05, 3.63) is 85.1 Å². The molecule has 0 rings (SSSR count). The fourth-order valence-electron chi connectivity index (χ4n) is 8.06. The predicted molar refractivity (Wildman–Crippen MR) is 302 cm³/mol. The lowest BCUT2D eigenvalue weighted by atomic mass is 10.0. The summed E-state index contributed by atoms with van der Waals surface area (Å²) in [5, 5.41) is 13.9. The van der Waals surface area contributed by atoms with Crippen molar-refractivity contribution in [1.82, 2.24) is 5.32 Å². The normalized spacial score (nSPS) is 14.6. The van der Waals surface area contributed by atoms with E-state index in [0.717, 1.165) is 70.6 Å². The molecule has 0 aliphatic carbocycles. The number of quaternary nitrogens is 1. The Balaban J connectivity index is 4.26. The standard InChI is InChI=1S/C61H111N2O6P/c1-6-8-10-12-14-16-18-20-22-24-26-28-29-30-31-32-33-35-37-39-41-43-45-47-49-51-53-55-61(65)62-59(58-69-70(66,67)68-57-56-63(3,4)5)60(64)54-52-50-48-46-44-42-40-38-36-34-27-25-23-21-19-17-15-13-11-9-7-2/h8,10,14,16,20,22,26,28,36,38,44,46,52,54,59-60,64H,6-7,9,11-13,15,17-19,21,23-25,27,29-35,37,39-43,45,47-51,53,55-58H2,1-5H3,(H-,62,65,66,67)/b10-8-,16-14-,22-20-,28-26-,38-36+,46-44+,54-52+. The summed E-state index contributed by atoms with van der Waals surface area (Å²) in [6, 6.07) is -0.915. The SMILES string of the molecule is CC/C=C\C/C=C\C/C=C\C/C=C\CCCCCCCCCCCCCCCCC(=O)NC(COP(=O)([O-])OCC[N+](C)(C)C)C(O)/C=C/CC/C=C/CC/C=C/CCCCCCCCCCCCC. The molecule has 0 saturated heterocycles. The van der Waals surface area contributed by atoms with Gasteiger partial charge in [-0.05, 0) is 83.5 Å². The molecule has 3 atom stereocenters. The zero-order valence-electron chi connectivity index (χ0n) is 46.2. The summed E-state index contributed by atoms with van der Waals surface area (Å²) in [4.78, 5) is 25.5. The Hall–Kier alpha value is -2.32. The van der Waals surface area contributed by atoms with Crippen LogP contribution in [-0.2, 0) is 18.4 Å². The number of hydrogen-bond acceptors (Lipinski definition) is 6. The molecular formula is C61H111N2O6P. The van der Waals surface area contributed by atoms with Crippen LogP contribution < -0.4 is 10.2 Å². The number of allylic oxidation sites excluding steroid dienone is 13. The smallest absolute Gasteiger partial charge is 0.268 e. The minimum absolute atomic E-state index is 0.0119. The number of carbonyl (C=O) groups excluding carboxylic acids is 1. The Morgan fingerprint density at radius 3 is 1.33 bits per heavy atom. The molecule has 2 N–H and O–H groups in total. The fraction of sp³-hybridized carbons (Fsp3) is 0.754. The van der Waals surface area contributed by atoms with E-state index in [1.54, 1.807) is 6.08 Å². The highest BCUT2D eigenvalue weighted by molar-refractivity contribution is 7.45. The lowest BCUT2D eigenvalue weighted by molar-refractivity contribution is -0.870. The highest BCUT2D eigenvalue weighted by Gasteiger charge is 2.23. The summed E-state index contributed by atoms with van der Waals surface area (Å²) in [6.07, 6.45) is 72.3. The van der Waals surface area contributed by atoms with E-state index in [-0.39, 0.29) is 12.5 Å². The molecule has 0 bridgehead atoms. The largest absolute Gasteiger partial charge is 0.756 e. The van der Waals surface area contributed by atoms with Crippen LogP contribution in [0.2, 0.25) is 0 Å². The number of aliphatic hydroxyl groups is 1. The number of likely N-dealkylation sites (N-methyl/N-ethyl adjacent to an activating group) is 1. The monoisotopic (exact) mass is 999 g/mol. The first-order valence-corrected chi connectivity index (χ1v) is 30.4. The van der Waals surface area contributed by atoms with Gasteiger partial charge >= 0.3 is 0 Å². The minimum atomic E-state index is -4.61. The molecule has 3 unspecified atom stereocenters. The predicted octanol–water partition coefficient (Wildman–Crippen LogP) is 17.0. The van der Waals surface area contributed by atoms with Crippen LogP contribution in [0.3, 0.4) is 0 Å². The quantitative estimate of drug-likeness (QED) is 0.0272. The maximum Gasteiger partial charge on any atom is 0.268 e. The average molecular weight is 1000 g/mol. The van der Waals surface area contributed by atoms with Crippen molar-refractivity contribution in [2.45, 2.75) is 257 Å². The molecule has 0 aromatic carbocycles. The highest BCUT2D eigenvalue weighted by Crippen LogP contribution is 2.38. The highest BCUT2D eigenvalue weighted by atomic mass is 31.2. The third-order valence-electron chi connectivity index (χ3n) is 12.6. The van der Waals surface area contributed by atoms with Crippen LogP contribution in [0.15, 0.2) is 85.1 Å². The average Bonchev–Trinajstić information content (AvgIpc) is 3.32. The maximum absolute atomic E-state index is 13.0. The molecule has 8 nitrogen and oxygen atoms in total. The van der Waals surface area contributed by atoms with Gasteiger partial charge in [0.25, 0.3) is 7.82 Å². The molecular weight excluding hydrogens is 888 g/mol.